The first-order valence-electron chi connectivity index (χ1n) is 21.3. The Hall–Kier alpha value is -2.96. The molecule has 0 aliphatic heterocycles. The molecule has 0 amide bonds. The van der Waals surface area contributed by atoms with Crippen molar-refractivity contribution in [2.24, 2.45) is 0 Å². The lowest BCUT2D eigenvalue weighted by Crippen LogP contribution is -2.31. The van der Waals surface area contributed by atoms with Gasteiger partial charge in [-0.1, -0.05) is 141 Å². The molecule has 0 aromatic carbocycles. The Labute approximate surface area is 318 Å². The van der Waals surface area contributed by atoms with Crippen LogP contribution in [0.4, 0.5) is 0 Å². The first-order chi connectivity index (χ1) is 25.6. The van der Waals surface area contributed by atoms with Gasteiger partial charge in [-0.2, -0.15) is 0 Å². The summed E-state index contributed by atoms with van der Waals surface area (Å²) in [7, 11) is 0. The van der Waals surface area contributed by atoms with Crippen LogP contribution in [0.1, 0.15) is 204 Å². The zero-order chi connectivity index (χ0) is 37.6. The van der Waals surface area contributed by atoms with Gasteiger partial charge < -0.3 is 14.2 Å². The highest BCUT2D eigenvalue weighted by Crippen LogP contribution is 2.13. The Morgan fingerprint density at radius 2 is 0.981 bits per heavy atom. The normalized spacial score (nSPS) is 12.0. The van der Waals surface area contributed by atoms with E-state index >= 15 is 0 Å². The van der Waals surface area contributed by atoms with E-state index in [1.165, 1.54) is 109 Å². The number of aromatic nitrogens is 1. The molecule has 0 aliphatic carbocycles. The number of pyridine rings is 1. The molecule has 1 heterocycles. The number of carbonyl (C=O) groups is 3. The van der Waals surface area contributed by atoms with Crippen LogP contribution in [0.15, 0.2) is 48.8 Å². The van der Waals surface area contributed by atoms with E-state index in [0.717, 1.165) is 64.2 Å². The molecule has 0 unspecified atom stereocenters. The van der Waals surface area contributed by atoms with Gasteiger partial charge in [0.05, 0.1) is 5.56 Å². The molecule has 296 valence electrons. The van der Waals surface area contributed by atoms with Crippen LogP contribution in [-0.4, -0.2) is 42.2 Å². The molecular formula is C45H75NO6. The second-order valence-electron chi connectivity index (χ2n) is 14.3. The predicted octanol–water partition coefficient (Wildman–Crippen LogP) is 12.8. The van der Waals surface area contributed by atoms with Gasteiger partial charge in [-0.05, 0) is 76.3 Å². The highest BCUT2D eigenvalue weighted by Gasteiger charge is 2.20. The standard InChI is InChI=1S/C45H75NO6/c1-3-5-7-9-11-13-15-17-19-21-23-25-27-29-31-35-43(47)50-39-42(40-51-45(49)41-34-33-37-46-38-41)52-44(48)36-32-30-28-26-24-22-20-18-16-14-12-10-8-6-4-2/h17-20,33-34,37-38,42H,3-16,21-32,35-36,39-40H2,1-2H3/b19-17-,20-18-/t42-/m0/s1. The maximum absolute atomic E-state index is 12.6. The highest BCUT2D eigenvalue weighted by molar-refractivity contribution is 5.88. The van der Waals surface area contributed by atoms with Gasteiger partial charge in [-0.15, -0.1) is 0 Å². The van der Waals surface area contributed by atoms with E-state index in [2.05, 4.69) is 43.1 Å². The molecule has 0 N–H and O–H groups in total. The molecule has 0 saturated heterocycles. The quantitative estimate of drug-likeness (QED) is 0.0294. The van der Waals surface area contributed by atoms with Crippen molar-refractivity contribution in [2.75, 3.05) is 13.2 Å². The summed E-state index contributed by atoms with van der Waals surface area (Å²) in [6.07, 6.45) is 43.0. The van der Waals surface area contributed by atoms with Gasteiger partial charge in [-0.3, -0.25) is 14.6 Å². The Bertz CT molecular complexity index is 1040. The molecule has 0 bridgehead atoms. The van der Waals surface area contributed by atoms with E-state index in [-0.39, 0.29) is 31.6 Å². The van der Waals surface area contributed by atoms with Crippen LogP contribution < -0.4 is 0 Å². The zero-order valence-electron chi connectivity index (χ0n) is 33.3. The number of esters is 3. The van der Waals surface area contributed by atoms with Crippen LogP contribution in [-0.2, 0) is 23.8 Å². The molecule has 52 heavy (non-hydrogen) atoms. The van der Waals surface area contributed by atoms with E-state index in [0.29, 0.717) is 12.0 Å². The second-order valence-corrected chi connectivity index (χ2v) is 14.3. The number of allylic oxidation sites excluding steroid dienone is 4. The number of unbranched alkanes of at least 4 members (excludes halogenated alkanes) is 22. The SMILES string of the molecule is CCCCCCCC/C=C\CCCCCCCC(=O)OC[C@@H](COC(=O)c1cccnc1)OC(=O)CCCCCCC/C=C\CCCCCCCC. The fourth-order valence-electron chi connectivity index (χ4n) is 6.03. The summed E-state index contributed by atoms with van der Waals surface area (Å²) in [4.78, 5) is 41.5. The highest BCUT2D eigenvalue weighted by atomic mass is 16.6. The smallest absolute Gasteiger partial charge is 0.339 e. The molecule has 1 aromatic rings. The van der Waals surface area contributed by atoms with Crippen LogP contribution in [0.5, 0.6) is 0 Å². The Balaban J connectivity index is 2.23. The van der Waals surface area contributed by atoms with Crippen molar-refractivity contribution < 1.29 is 28.6 Å². The van der Waals surface area contributed by atoms with Gasteiger partial charge in [-0.25, -0.2) is 4.79 Å². The molecule has 7 nitrogen and oxygen atoms in total. The average Bonchev–Trinajstić information content (AvgIpc) is 3.16. The third kappa shape index (κ3) is 30.6. The molecule has 0 spiro atoms. The predicted molar refractivity (Wildman–Crippen MR) is 214 cm³/mol. The minimum atomic E-state index is -0.852. The number of rotatable bonds is 36. The molecule has 0 fully saturated rings. The van der Waals surface area contributed by atoms with E-state index in [4.69, 9.17) is 14.2 Å². The Morgan fingerprint density at radius 3 is 1.44 bits per heavy atom. The van der Waals surface area contributed by atoms with Crippen molar-refractivity contribution in [3.63, 3.8) is 0 Å². The number of ether oxygens (including phenoxy) is 3. The summed E-state index contributed by atoms with van der Waals surface area (Å²) in [5, 5.41) is 0. The van der Waals surface area contributed by atoms with Crippen molar-refractivity contribution >= 4 is 17.9 Å². The number of hydrogen-bond donors (Lipinski definition) is 0. The van der Waals surface area contributed by atoms with E-state index in [1.54, 1.807) is 18.3 Å². The molecule has 1 aromatic heterocycles. The average molecular weight is 726 g/mol. The fraction of sp³-hybridized carbons (Fsp3) is 0.733. The zero-order valence-corrected chi connectivity index (χ0v) is 33.3. The molecule has 7 heteroatoms. The van der Waals surface area contributed by atoms with Crippen molar-refractivity contribution in [1.82, 2.24) is 4.98 Å². The summed E-state index contributed by atoms with van der Waals surface area (Å²) in [5.41, 5.74) is 0.307. The largest absolute Gasteiger partial charge is 0.462 e. The third-order valence-electron chi connectivity index (χ3n) is 9.31. The van der Waals surface area contributed by atoms with Crippen molar-refractivity contribution in [2.45, 2.75) is 200 Å². The van der Waals surface area contributed by atoms with Crippen LogP contribution in [0.2, 0.25) is 0 Å². The first-order valence-corrected chi connectivity index (χ1v) is 21.3. The summed E-state index contributed by atoms with van der Waals surface area (Å²) in [6, 6.07) is 3.26. The third-order valence-corrected chi connectivity index (χ3v) is 9.31. The summed E-state index contributed by atoms with van der Waals surface area (Å²) >= 11 is 0. The fourth-order valence-corrected chi connectivity index (χ4v) is 6.03. The van der Waals surface area contributed by atoms with Gasteiger partial charge in [0.2, 0.25) is 0 Å². The van der Waals surface area contributed by atoms with Gasteiger partial charge >= 0.3 is 17.9 Å². The maximum atomic E-state index is 12.6. The van der Waals surface area contributed by atoms with Gasteiger partial charge in [0.25, 0.3) is 0 Å². The molecule has 0 saturated carbocycles. The lowest BCUT2D eigenvalue weighted by Gasteiger charge is -2.18. The van der Waals surface area contributed by atoms with E-state index < -0.39 is 12.1 Å². The Morgan fingerprint density at radius 1 is 0.558 bits per heavy atom. The van der Waals surface area contributed by atoms with Crippen LogP contribution in [0.3, 0.4) is 0 Å². The molecule has 1 atom stereocenters. The van der Waals surface area contributed by atoms with Crippen molar-refractivity contribution in [3.05, 3.63) is 54.4 Å². The van der Waals surface area contributed by atoms with Gasteiger partial charge in [0, 0.05) is 25.2 Å². The minimum absolute atomic E-state index is 0.137. The van der Waals surface area contributed by atoms with Crippen molar-refractivity contribution in [3.8, 4) is 0 Å². The number of nitrogens with zero attached hydrogens (tertiary/aromatic N) is 1. The number of hydrogen-bond acceptors (Lipinski definition) is 7. The lowest BCUT2D eigenvalue weighted by molar-refractivity contribution is -0.161. The Kier molecular flexibility index (Phi) is 32.9. The van der Waals surface area contributed by atoms with E-state index in [9.17, 15) is 14.4 Å². The number of carbonyl (C=O) groups excluding carboxylic acids is 3. The van der Waals surface area contributed by atoms with Gasteiger partial charge in [0.15, 0.2) is 6.10 Å². The second kappa shape index (κ2) is 36.4. The topological polar surface area (TPSA) is 91.8 Å². The molecule has 0 radical (unpaired) electrons. The lowest BCUT2D eigenvalue weighted by atomic mass is 10.1. The van der Waals surface area contributed by atoms with E-state index in [1.807, 2.05) is 0 Å². The minimum Gasteiger partial charge on any atom is -0.462 e. The molecular weight excluding hydrogens is 650 g/mol. The van der Waals surface area contributed by atoms with Crippen LogP contribution in [0, 0.1) is 0 Å². The monoisotopic (exact) mass is 726 g/mol. The molecule has 0 aliphatic rings. The maximum Gasteiger partial charge on any atom is 0.339 e. The first kappa shape index (κ1) is 47.1. The van der Waals surface area contributed by atoms with Gasteiger partial charge in [0.1, 0.15) is 13.2 Å². The summed E-state index contributed by atoms with van der Waals surface area (Å²) in [6.45, 7) is 4.18. The summed E-state index contributed by atoms with van der Waals surface area (Å²) < 4.78 is 16.5. The molecule has 1 rings (SSSR count). The van der Waals surface area contributed by atoms with Crippen LogP contribution >= 0.6 is 0 Å². The van der Waals surface area contributed by atoms with Crippen molar-refractivity contribution in [1.29, 1.82) is 0 Å². The van der Waals surface area contributed by atoms with Crippen LogP contribution in [0.25, 0.3) is 0 Å². The summed E-state index contributed by atoms with van der Waals surface area (Å²) in [5.74, 6) is -1.26.